The highest BCUT2D eigenvalue weighted by Crippen LogP contribution is 2.01. The van der Waals surface area contributed by atoms with Crippen LogP contribution >= 0.6 is 0 Å². The third-order valence-corrected chi connectivity index (χ3v) is 2.85. The fourth-order valence-corrected chi connectivity index (χ4v) is 1.64. The molecule has 0 radical (unpaired) electrons. The minimum Gasteiger partial charge on any atom is -0.395 e. The Bertz CT molecular complexity index is 210. The molecule has 17 heavy (non-hydrogen) atoms. The number of rotatable bonds is 9. The van der Waals surface area contributed by atoms with Crippen LogP contribution in [-0.4, -0.2) is 66.7 Å². The van der Waals surface area contributed by atoms with E-state index in [1.807, 2.05) is 7.05 Å². The van der Waals surface area contributed by atoms with Crippen molar-refractivity contribution in [3.63, 3.8) is 0 Å². The van der Waals surface area contributed by atoms with Crippen LogP contribution in [0.15, 0.2) is 0 Å². The van der Waals surface area contributed by atoms with Gasteiger partial charge in [-0.15, -0.1) is 0 Å². The number of carbonyl (C=O) groups excluding carboxylic acids is 1. The standard InChI is InChI=1S/C12H27N3O2/c1-11(2)15(9-10-16)8-5-12(17)14(3)7-4-6-13/h11,16H,4-10,13H2,1-3H3. The van der Waals surface area contributed by atoms with Crippen LogP contribution in [0.2, 0.25) is 0 Å². The van der Waals surface area contributed by atoms with Gasteiger partial charge >= 0.3 is 0 Å². The zero-order chi connectivity index (χ0) is 13.3. The fourth-order valence-electron chi connectivity index (χ4n) is 1.64. The van der Waals surface area contributed by atoms with Crippen molar-refractivity contribution < 1.29 is 9.90 Å². The van der Waals surface area contributed by atoms with Crippen LogP contribution in [0.1, 0.15) is 26.7 Å². The Balaban J connectivity index is 3.94. The normalized spacial score (nSPS) is 11.2. The second-order valence-electron chi connectivity index (χ2n) is 4.56. The summed E-state index contributed by atoms with van der Waals surface area (Å²) in [6.45, 7) is 6.92. The van der Waals surface area contributed by atoms with Crippen molar-refractivity contribution in [2.45, 2.75) is 32.7 Å². The zero-order valence-electron chi connectivity index (χ0n) is 11.4. The fraction of sp³-hybridized carbons (Fsp3) is 0.917. The molecule has 0 saturated heterocycles. The van der Waals surface area contributed by atoms with Gasteiger partial charge in [0.05, 0.1) is 6.61 Å². The molecule has 0 rings (SSSR count). The summed E-state index contributed by atoms with van der Waals surface area (Å²) in [7, 11) is 1.81. The van der Waals surface area contributed by atoms with Gasteiger partial charge in [0, 0.05) is 39.1 Å². The summed E-state index contributed by atoms with van der Waals surface area (Å²) in [5.74, 6) is 0.141. The first-order valence-corrected chi connectivity index (χ1v) is 6.31. The SMILES string of the molecule is CC(C)N(CCO)CCC(=O)N(C)CCCN. The lowest BCUT2D eigenvalue weighted by molar-refractivity contribution is -0.130. The molecule has 0 aromatic carbocycles. The Morgan fingerprint density at radius 3 is 2.41 bits per heavy atom. The van der Waals surface area contributed by atoms with Crippen molar-refractivity contribution in [3.8, 4) is 0 Å². The number of nitrogens with zero attached hydrogens (tertiary/aromatic N) is 2. The minimum atomic E-state index is 0.134. The number of hydrogen-bond donors (Lipinski definition) is 2. The summed E-state index contributed by atoms with van der Waals surface area (Å²) < 4.78 is 0. The summed E-state index contributed by atoms with van der Waals surface area (Å²) in [5.41, 5.74) is 5.40. The number of nitrogens with two attached hydrogens (primary N) is 1. The molecule has 0 aliphatic rings. The monoisotopic (exact) mass is 245 g/mol. The van der Waals surface area contributed by atoms with Crippen LogP contribution in [0.5, 0.6) is 0 Å². The minimum absolute atomic E-state index is 0.134. The topological polar surface area (TPSA) is 69.8 Å². The van der Waals surface area contributed by atoms with Gasteiger partial charge in [-0.3, -0.25) is 9.69 Å². The molecule has 0 fully saturated rings. The van der Waals surface area contributed by atoms with Crippen LogP contribution in [0.4, 0.5) is 0 Å². The van der Waals surface area contributed by atoms with Gasteiger partial charge in [0.1, 0.15) is 0 Å². The molecule has 0 unspecified atom stereocenters. The zero-order valence-corrected chi connectivity index (χ0v) is 11.4. The van der Waals surface area contributed by atoms with Crippen molar-refractivity contribution in [2.24, 2.45) is 5.73 Å². The third-order valence-electron chi connectivity index (χ3n) is 2.85. The molecule has 0 saturated carbocycles. The van der Waals surface area contributed by atoms with Gasteiger partial charge in [-0.2, -0.15) is 0 Å². The average molecular weight is 245 g/mol. The molecule has 1 amide bonds. The van der Waals surface area contributed by atoms with E-state index in [2.05, 4.69) is 18.7 Å². The Morgan fingerprint density at radius 2 is 1.94 bits per heavy atom. The van der Waals surface area contributed by atoms with E-state index >= 15 is 0 Å². The highest BCUT2D eigenvalue weighted by atomic mass is 16.3. The largest absolute Gasteiger partial charge is 0.395 e. The lowest BCUT2D eigenvalue weighted by Gasteiger charge is -2.26. The van der Waals surface area contributed by atoms with Crippen LogP contribution in [0.25, 0.3) is 0 Å². The number of carbonyl (C=O) groups is 1. The van der Waals surface area contributed by atoms with Crippen molar-refractivity contribution in [1.29, 1.82) is 0 Å². The molecule has 5 nitrogen and oxygen atoms in total. The number of aliphatic hydroxyl groups excluding tert-OH is 1. The molecule has 0 aromatic rings. The summed E-state index contributed by atoms with van der Waals surface area (Å²) in [5, 5.41) is 8.93. The maximum atomic E-state index is 11.8. The quantitative estimate of drug-likeness (QED) is 0.594. The second-order valence-corrected chi connectivity index (χ2v) is 4.56. The molecular weight excluding hydrogens is 218 g/mol. The third kappa shape index (κ3) is 7.31. The summed E-state index contributed by atoms with van der Waals surface area (Å²) in [6, 6.07) is 0.351. The van der Waals surface area contributed by atoms with Gasteiger partial charge in [0.15, 0.2) is 0 Å². The summed E-state index contributed by atoms with van der Waals surface area (Å²) >= 11 is 0. The van der Waals surface area contributed by atoms with E-state index in [4.69, 9.17) is 10.8 Å². The van der Waals surface area contributed by atoms with Gasteiger partial charge in [-0.05, 0) is 26.8 Å². The van der Waals surface area contributed by atoms with Crippen LogP contribution in [-0.2, 0) is 4.79 Å². The maximum absolute atomic E-state index is 11.8. The Kier molecular flexibility index (Phi) is 9.03. The van der Waals surface area contributed by atoms with Crippen molar-refractivity contribution in [3.05, 3.63) is 0 Å². The molecule has 0 aliphatic heterocycles. The molecule has 0 aliphatic carbocycles. The lowest BCUT2D eigenvalue weighted by atomic mass is 10.2. The molecule has 0 aromatic heterocycles. The summed E-state index contributed by atoms with van der Waals surface area (Å²) in [6.07, 6.45) is 1.34. The predicted molar refractivity (Wildman–Crippen MR) is 69.7 cm³/mol. The van der Waals surface area contributed by atoms with Gasteiger partial charge in [-0.25, -0.2) is 0 Å². The Morgan fingerprint density at radius 1 is 1.29 bits per heavy atom. The van der Waals surface area contributed by atoms with Crippen LogP contribution in [0, 0.1) is 0 Å². The van der Waals surface area contributed by atoms with Gasteiger partial charge in [0.25, 0.3) is 0 Å². The first-order chi connectivity index (χ1) is 8.02. The van der Waals surface area contributed by atoms with E-state index in [9.17, 15) is 4.79 Å². The average Bonchev–Trinajstić information content (AvgIpc) is 2.30. The Hall–Kier alpha value is -0.650. The van der Waals surface area contributed by atoms with E-state index in [1.54, 1.807) is 4.90 Å². The molecule has 0 spiro atoms. The number of aliphatic hydroxyl groups is 1. The van der Waals surface area contributed by atoms with Crippen molar-refractivity contribution in [2.75, 3.05) is 39.8 Å². The lowest BCUT2D eigenvalue weighted by Crippen LogP contribution is -2.37. The van der Waals surface area contributed by atoms with E-state index in [-0.39, 0.29) is 12.5 Å². The van der Waals surface area contributed by atoms with E-state index in [1.165, 1.54) is 0 Å². The highest BCUT2D eigenvalue weighted by molar-refractivity contribution is 5.76. The summed E-state index contributed by atoms with van der Waals surface area (Å²) in [4.78, 5) is 15.6. The van der Waals surface area contributed by atoms with E-state index in [0.29, 0.717) is 32.1 Å². The molecule has 102 valence electrons. The van der Waals surface area contributed by atoms with Crippen LogP contribution < -0.4 is 5.73 Å². The van der Waals surface area contributed by atoms with Gasteiger partial charge in [-0.1, -0.05) is 0 Å². The van der Waals surface area contributed by atoms with Crippen LogP contribution in [0.3, 0.4) is 0 Å². The van der Waals surface area contributed by atoms with Crippen molar-refractivity contribution >= 4 is 5.91 Å². The number of amides is 1. The van der Waals surface area contributed by atoms with Gasteiger partial charge in [0.2, 0.25) is 5.91 Å². The smallest absolute Gasteiger partial charge is 0.223 e. The first kappa shape index (κ1) is 16.4. The molecule has 0 atom stereocenters. The molecule has 0 bridgehead atoms. The van der Waals surface area contributed by atoms with E-state index in [0.717, 1.165) is 13.0 Å². The molecular formula is C12H27N3O2. The second kappa shape index (κ2) is 9.39. The highest BCUT2D eigenvalue weighted by Gasteiger charge is 2.13. The van der Waals surface area contributed by atoms with Crippen molar-refractivity contribution in [1.82, 2.24) is 9.80 Å². The first-order valence-electron chi connectivity index (χ1n) is 6.31. The predicted octanol–water partition coefficient (Wildman–Crippen LogP) is -0.114. The molecule has 0 heterocycles. The number of hydrogen-bond acceptors (Lipinski definition) is 4. The molecule has 3 N–H and O–H groups in total. The Labute approximate surface area is 105 Å². The van der Waals surface area contributed by atoms with Gasteiger partial charge < -0.3 is 15.7 Å². The maximum Gasteiger partial charge on any atom is 0.223 e. The van der Waals surface area contributed by atoms with E-state index < -0.39 is 0 Å². The molecule has 5 heteroatoms.